The average Bonchev–Trinajstić information content (AvgIpc) is 3.55. The lowest BCUT2D eigenvalue weighted by Gasteiger charge is -2.30. The number of aromatic amines is 1. The van der Waals surface area contributed by atoms with Crippen molar-refractivity contribution in [2.75, 3.05) is 0 Å². The zero-order chi connectivity index (χ0) is 25.1. The molecule has 7 nitrogen and oxygen atoms in total. The van der Waals surface area contributed by atoms with Crippen molar-refractivity contribution in [1.29, 1.82) is 0 Å². The lowest BCUT2D eigenvalue weighted by atomic mass is 10.1. The molecule has 1 N–H and O–H groups in total. The molecule has 184 valence electrons. The highest BCUT2D eigenvalue weighted by atomic mass is 32.1. The quantitative estimate of drug-likeness (QED) is 0.299. The molecule has 0 aliphatic rings. The van der Waals surface area contributed by atoms with Crippen LogP contribution in [0.3, 0.4) is 0 Å². The van der Waals surface area contributed by atoms with Gasteiger partial charge in [-0.1, -0.05) is 43.3 Å². The molecule has 0 saturated heterocycles. The van der Waals surface area contributed by atoms with E-state index >= 15 is 0 Å². The van der Waals surface area contributed by atoms with Gasteiger partial charge in [0.1, 0.15) is 5.82 Å². The van der Waals surface area contributed by atoms with Gasteiger partial charge in [0, 0.05) is 23.5 Å². The van der Waals surface area contributed by atoms with Crippen molar-refractivity contribution in [3.63, 3.8) is 0 Å². The van der Waals surface area contributed by atoms with Gasteiger partial charge in [0.2, 0.25) is 0 Å². The molecule has 1 atom stereocenters. The Hall–Kier alpha value is -3.69. The van der Waals surface area contributed by atoms with Gasteiger partial charge in [0.05, 0.1) is 18.1 Å². The standard InChI is InChI=1S/C27H27FN6OS/c1-3-24(26-30-31-32-34(26)15-19-9-11-22(28)12-10-19)33(17-23-8-5-13-36-23)16-21-14-20-7-4-6-18(2)25(20)29-27(21)35/h4-14,24H,3,15-17H2,1-2H3,(H,29,35). The van der Waals surface area contributed by atoms with E-state index in [1.807, 2.05) is 37.3 Å². The Balaban J connectivity index is 1.50. The zero-order valence-electron chi connectivity index (χ0n) is 20.2. The van der Waals surface area contributed by atoms with Crippen molar-refractivity contribution >= 4 is 22.2 Å². The van der Waals surface area contributed by atoms with Crippen molar-refractivity contribution in [3.05, 3.63) is 110 Å². The fourth-order valence-corrected chi connectivity index (χ4v) is 5.30. The second-order valence-electron chi connectivity index (χ2n) is 8.89. The molecule has 0 fully saturated rings. The Morgan fingerprint density at radius 3 is 2.69 bits per heavy atom. The number of pyridine rings is 1. The SMILES string of the molecule is CCC(c1nnnn1Cc1ccc(F)cc1)N(Cc1cccs1)Cc1cc2cccc(C)c2[nH]c1=O. The fraction of sp³-hybridized carbons (Fsp3) is 0.259. The fourth-order valence-electron chi connectivity index (χ4n) is 4.57. The van der Waals surface area contributed by atoms with Gasteiger partial charge in [0.25, 0.3) is 5.56 Å². The van der Waals surface area contributed by atoms with E-state index in [4.69, 9.17) is 0 Å². The van der Waals surface area contributed by atoms with Crippen LogP contribution in [0.2, 0.25) is 0 Å². The van der Waals surface area contributed by atoms with Crippen LogP contribution in [0.15, 0.2) is 70.8 Å². The van der Waals surface area contributed by atoms with E-state index in [0.717, 1.165) is 28.5 Å². The summed E-state index contributed by atoms with van der Waals surface area (Å²) >= 11 is 1.68. The van der Waals surface area contributed by atoms with Crippen LogP contribution >= 0.6 is 11.3 Å². The van der Waals surface area contributed by atoms with Gasteiger partial charge < -0.3 is 4.98 Å². The maximum Gasteiger partial charge on any atom is 0.252 e. The summed E-state index contributed by atoms with van der Waals surface area (Å²) < 4.78 is 15.2. The number of hydrogen-bond acceptors (Lipinski definition) is 6. The van der Waals surface area contributed by atoms with Crippen LogP contribution in [0, 0.1) is 12.7 Å². The number of nitrogens with zero attached hydrogens (tertiary/aromatic N) is 5. The molecule has 0 aliphatic heterocycles. The summed E-state index contributed by atoms with van der Waals surface area (Å²) in [6, 6.07) is 18.3. The van der Waals surface area contributed by atoms with Gasteiger partial charge in [-0.15, -0.1) is 16.4 Å². The number of aryl methyl sites for hydroxylation is 1. The third-order valence-corrected chi connectivity index (χ3v) is 7.27. The van der Waals surface area contributed by atoms with E-state index in [1.54, 1.807) is 28.2 Å². The van der Waals surface area contributed by atoms with Crippen LogP contribution in [-0.2, 0) is 19.6 Å². The van der Waals surface area contributed by atoms with Gasteiger partial charge in [-0.3, -0.25) is 9.69 Å². The minimum atomic E-state index is -0.278. The first-order chi connectivity index (χ1) is 17.5. The molecule has 36 heavy (non-hydrogen) atoms. The highest BCUT2D eigenvalue weighted by Gasteiger charge is 2.26. The van der Waals surface area contributed by atoms with Gasteiger partial charge in [0.15, 0.2) is 5.82 Å². The predicted molar refractivity (Wildman–Crippen MR) is 139 cm³/mol. The van der Waals surface area contributed by atoms with Crippen LogP contribution in [0.1, 0.15) is 46.8 Å². The normalized spacial score (nSPS) is 12.4. The number of rotatable bonds is 9. The topological polar surface area (TPSA) is 79.7 Å². The highest BCUT2D eigenvalue weighted by Crippen LogP contribution is 2.28. The number of para-hydroxylation sites is 1. The highest BCUT2D eigenvalue weighted by molar-refractivity contribution is 7.09. The van der Waals surface area contributed by atoms with Crippen molar-refractivity contribution < 1.29 is 4.39 Å². The molecular weight excluding hydrogens is 475 g/mol. The second kappa shape index (κ2) is 10.5. The van der Waals surface area contributed by atoms with Crippen molar-refractivity contribution in [2.24, 2.45) is 0 Å². The molecule has 0 spiro atoms. The van der Waals surface area contributed by atoms with E-state index in [2.05, 4.69) is 43.8 Å². The number of thiophene rings is 1. The molecule has 3 aromatic heterocycles. The number of benzene rings is 2. The number of fused-ring (bicyclic) bond motifs is 1. The molecular formula is C27H27FN6OS. The van der Waals surface area contributed by atoms with Crippen LogP contribution in [0.4, 0.5) is 4.39 Å². The molecule has 3 heterocycles. The second-order valence-corrected chi connectivity index (χ2v) is 9.92. The van der Waals surface area contributed by atoms with E-state index in [9.17, 15) is 9.18 Å². The molecule has 0 amide bonds. The van der Waals surface area contributed by atoms with Gasteiger partial charge in [-0.25, -0.2) is 9.07 Å². The van der Waals surface area contributed by atoms with E-state index in [-0.39, 0.29) is 17.4 Å². The van der Waals surface area contributed by atoms with E-state index < -0.39 is 0 Å². The van der Waals surface area contributed by atoms with Crippen LogP contribution in [0.25, 0.3) is 10.9 Å². The molecule has 1 unspecified atom stereocenters. The minimum absolute atomic E-state index is 0.0891. The minimum Gasteiger partial charge on any atom is -0.321 e. The first kappa shape index (κ1) is 24.0. The first-order valence-corrected chi connectivity index (χ1v) is 12.8. The van der Waals surface area contributed by atoms with Gasteiger partial charge in [-0.05, 0) is 69.9 Å². The van der Waals surface area contributed by atoms with Gasteiger partial charge in [-0.2, -0.15) is 0 Å². The summed E-state index contributed by atoms with van der Waals surface area (Å²) in [6.45, 7) is 5.62. The Morgan fingerprint density at radius 1 is 1.11 bits per heavy atom. The van der Waals surface area contributed by atoms with E-state index in [0.29, 0.717) is 31.0 Å². The molecule has 9 heteroatoms. The van der Waals surface area contributed by atoms with Crippen LogP contribution in [-0.4, -0.2) is 30.1 Å². The van der Waals surface area contributed by atoms with Crippen molar-refractivity contribution in [2.45, 2.75) is 45.9 Å². The maximum absolute atomic E-state index is 13.4. The largest absolute Gasteiger partial charge is 0.321 e. The monoisotopic (exact) mass is 502 g/mol. The molecule has 0 aliphatic carbocycles. The number of tetrazole rings is 1. The Bertz CT molecular complexity index is 1510. The van der Waals surface area contributed by atoms with Gasteiger partial charge >= 0.3 is 0 Å². The summed E-state index contributed by atoms with van der Waals surface area (Å²) in [5.74, 6) is 0.437. The molecule has 5 rings (SSSR count). The lowest BCUT2D eigenvalue weighted by Crippen LogP contribution is -2.32. The van der Waals surface area contributed by atoms with Crippen LogP contribution < -0.4 is 5.56 Å². The van der Waals surface area contributed by atoms with Crippen molar-refractivity contribution in [3.8, 4) is 0 Å². The molecule has 2 aromatic carbocycles. The zero-order valence-corrected chi connectivity index (χ0v) is 21.0. The number of H-pyrrole nitrogens is 1. The van der Waals surface area contributed by atoms with Crippen LogP contribution in [0.5, 0.6) is 0 Å². The predicted octanol–water partition coefficient (Wildman–Crippen LogP) is 5.23. The molecule has 0 radical (unpaired) electrons. The molecule has 0 bridgehead atoms. The summed E-state index contributed by atoms with van der Waals surface area (Å²) in [7, 11) is 0. The maximum atomic E-state index is 13.4. The number of aromatic nitrogens is 5. The Kier molecular flexibility index (Phi) is 7.02. The average molecular weight is 503 g/mol. The lowest BCUT2D eigenvalue weighted by molar-refractivity contribution is 0.163. The Labute approximate surface area is 212 Å². The van der Waals surface area contributed by atoms with E-state index in [1.165, 1.54) is 17.0 Å². The first-order valence-electron chi connectivity index (χ1n) is 11.9. The smallest absolute Gasteiger partial charge is 0.252 e. The molecule has 5 aromatic rings. The summed E-state index contributed by atoms with van der Waals surface area (Å²) in [5, 5.41) is 15.6. The summed E-state index contributed by atoms with van der Waals surface area (Å²) in [4.78, 5) is 19.6. The molecule has 0 saturated carbocycles. The summed E-state index contributed by atoms with van der Waals surface area (Å²) in [5.41, 5.74) is 3.42. The number of nitrogens with one attached hydrogen (secondary N) is 1. The third-order valence-electron chi connectivity index (χ3n) is 6.41. The Morgan fingerprint density at radius 2 is 1.94 bits per heavy atom. The summed E-state index contributed by atoms with van der Waals surface area (Å²) in [6.07, 6.45) is 0.750. The number of hydrogen-bond donors (Lipinski definition) is 1. The number of halogens is 1. The third kappa shape index (κ3) is 5.12. The van der Waals surface area contributed by atoms with Crippen molar-refractivity contribution in [1.82, 2.24) is 30.1 Å².